The van der Waals surface area contributed by atoms with Gasteiger partial charge in [0.25, 0.3) is 5.91 Å². The Morgan fingerprint density at radius 1 is 1.12 bits per heavy atom. The van der Waals surface area contributed by atoms with Crippen LogP contribution in [0.15, 0.2) is 42.5 Å². The lowest BCUT2D eigenvalue weighted by molar-refractivity contribution is -0.133. The molecule has 1 aliphatic rings. The predicted octanol–water partition coefficient (Wildman–Crippen LogP) is 3.08. The van der Waals surface area contributed by atoms with E-state index in [4.69, 9.17) is 16.3 Å². The lowest BCUT2D eigenvalue weighted by Gasteiger charge is -2.36. The third-order valence-corrected chi connectivity index (χ3v) is 4.76. The fourth-order valence-electron chi connectivity index (χ4n) is 2.82. The Morgan fingerprint density at radius 2 is 1.80 bits per heavy atom. The number of aromatic hydroxyl groups is 1. The molecule has 0 aromatic heterocycles. The number of hydrogen-bond acceptors (Lipinski definition) is 4. The second-order valence-corrected chi connectivity index (χ2v) is 6.49. The highest BCUT2D eigenvalue weighted by molar-refractivity contribution is 6.31. The predicted molar refractivity (Wildman–Crippen MR) is 98.6 cm³/mol. The molecule has 25 heavy (non-hydrogen) atoms. The Labute approximate surface area is 152 Å². The number of carbonyl (C=O) groups excluding carboxylic acids is 1. The van der Waals surface area contributed by atoms with Crippen LogP contribution in [0.5, 0.6) is 11.5 Å². The first-order valence-electron chi connectivity index (χ1n) is 8.23. The zero-order chi connectivity index (χ0) is 17.8. The summed E-state index contributed by atoms with van der Waals surface area (Å²) in [5.41, 5.74) is 1.98. The van der Waals surface area contributed by atoms with Crippen LogP contribution in [0.1, 0.15) is 5.56 Å². The monoisotopic (exact) mass is 360 g/mol. The van der Waals surface area contributed by atoms with Crippen molar-refractivity contribution in [1.82, 2.24) is 4.90 Å². The average Bonchev–Trinajstić information content (AvgIpc) is 2.63. The maximum Gasteiger partial charge on any atom is 0.260 e. The van der Waals surface area contributed by atoms with Gasteiger partial charge in [-0.25, -0.2) is 0 Å². The molecule has 0 aliphatic carbocycles. The van der Waals surface area contributed by atoms with Crippen molar-refractivity contribution >= 4 is 23.2 Å². The van der Waals surface area contributed by atoms with Crippen LogP contribution < -0.4 is 9.64 Å². The first-order chi connectivity index (χ1) is 12.0. The molecule has 2 aromatic rings. The van der Waals surface area contributed by atoms with Gasteiger partial charge in [-0.3, -0.25) is 4.79 Å². The highest BCUT2D eigenvalue weighted by Crippen LogP contribution is 2.22. The van der Waals surface area contributed by atoms with E-state index in [0.717, 1.165) is 24.3 Å². The zero-order valence-electron chi connectivity index (χ0n) is 14.1. The van der Waals surface area contributed by atoms with E-state index in [0.29, 0.717) is 23.9 Å². The molecular formula is C19H21ClN2O3. The average molecular weight is 361 g/mol. The highest BCUT2D eigenvalue weighted by atomic mass is 35.5. The summed E-state index contributed by atoms with van der Waals surface area (Å²) in [6.07, 6.45) is 0. The summed E-state index contributed by atoms with van der Waals surface area (Å²) in [5, 5.41) is 10.0. The fourth-order valence-corrected chi connectivity index (χ4v) is 2.94. The molecule has 2 aromatic carbocycles. The number of anilines is 1. The van der Waals surface area contributed by atoms with E-state index in [9.17, 15) is 9.90 Å². The van der Waals surface area contributed by atoms with Gasteiger partial charge in [0.05, 0.1) is 0 Å². The number of piperazine rings is 1. The van der Waals surface area contributed by atoms with E-state index in [1.165, 1.54) is 0 Å². The van der Waals surface area contributed by atoms with Gasteiger partial charge in [0.1, 0.15) is 11.5 Å². The third-order valence-electron chi connectivity index (χ3n) is 4.34. The van der Waals surface area contributed by atoms with Gasteiger partial charge in [0.15, 0.2) is 6.61 Å². The lowest BCUT2D eigenvalue weighted by Crippen LogP contribution is -2.50. The second-order valence-electron chi connectivity index (χ2n) is 6.08. The number of amides is 1. The minimum Gasteiger partial charge on any atom is -0.508 e. The molecule has 0 bridgehead atoms. The summed E-state index contributed by atoms with van der Waals surface area (Å²) in [6.45, 7) is 4.76. The van der Waals surface area contributed by atoms with E-state index in [-0.39, 0.29) is 18.3 Å². The summed E-state index contributed by atoms with van der Waals surface area (Å²) >= 11 is 5.99. The SMILES string of the molecule is Cc1cc(OCC(=O)N2CCN(c3ccc(O)cc3)CC2)ccc1Cl. The number of hydrogen-bond donors (Lipinski definition) is 1. The molecule has 1 heterocycles. The van der Waals surface area contributed by atoms with Gasteiger partial charge in [-0.05, 0) is 55.0 Å². The van der Waals surface area contributed by atoms with Crippen LogP contribution in [0.4, 0.5) is 5.69 Å². The Kier molecular flexibility index (Phi) is 5.34. The fraction of sp³-hybridized carbons (Fsp3) is 0.316. The molecule has 0 spiro atoms. The molecule has 3 rings (SSSR count). The topological polar surface area (TPSA) is 53.0 Å². The van der Waals surface area contributed by atoms with Crippen molar-refractivity contribution in [3.05, 3.63) is 53.1 Å². The number of benzene rings is 2. The Morgan fingerprint density at radius 3 is 2.44 bits per heavy atom. The summed E-state index contributed by atoms with van der Waals surface area (Å²) in [4.78, 5) is 16.4. The minimum absolute atomic E-state index is 0.0158. The molecule has 0 radical (unpaired) electrons. The maximum atomic E-state index is 12.3. The molecule has 0 unspecified atom stereocenters. The van der Waals surface area contributed by atoms with Gasteiger partial charge in [0.2, 0.25) is 0 Å². The first kappa shape index (κ1) is 17.4. The molecule has 1 N–H and O–H groups in total. The van der Waals surface area contributed by atoms with Crippen LogP contribution in [0, 0.1) is 6.92 Å². The Balaban J connectivity index is 1.49. The number of rotatable bonds is 4. The van der Waals surface area contributed by atoms with E-state index in [1.54, 1.807) is 24.3 Å². The number of halogens is 1. The number of phenolic OH excluding ortho intramolecular Hbond substituents is 1. The maximum absolute atomic E-state index is 12.3. The van der Waals surface area contributed by atoms with E-state index >= 15 is 0 Å². The molecule has 1 saturated heterocycles. The van der Waals surface area contributed by atoms with Crippen LogP contribution in [-0.4, -0.2) is 48.7 Å². The van der Waals surface area contributed by atoms with E-state index in [2.05, 4.69) is 4.90 Å². The third kappa shape index (κ3) is 4.37. The number of ether oxygens (including phenoxy) is 1. The molecule has 1 aliphatic heterocycles. The van der Waals surface area contributed by atoms with Crippen LogP contribution in [0.2, 0.25) is 5.02 Å². The van der Waals surface area contributed by atoms with Gasteiger partial charge in [0, 0.05) is 36.9 Å². The smallest absolute Gasteiger partial charge is 0.260 e. The highest BCUT2D eigenvalue weighted by Gasteiger charge is 2.21. The largest absolute Gasteiger partial charge is 0.508 e. The van der Waals surface area contributed by atoms with Crippen LogP contribution in [0.3, 0.4) is 0 Å². The van der Waals surface area contributed by atoms with E-state index < -0.39 is 0 Å². The molecule has 0 saturated carbocycles. The summed E-state index contributed by atoms with van der Waals surface area (Å²) < 4.78 is 5.59. The standard InChI is InChI=1S/C19H21ClN2O3/c1-14-12-17(6-7-18(14)20)25-13-19(24)22-10-8-21(9-11-22)15-2-4-16(23)5-3-15/h2-7,12,23H,8-11,13H2,1H3. The minimum atomic E-state index is -0.0158. The molecule has 0 atom stereocenters. The van der Waals surface area contributed by atoms with Crippen molar-refractivity contribution in [3.8, 4) is 11.5 Å². The van der Waals surface area contributed by atoms with Crippen LogP contribution >= 0.6 is 11.6 Å². The molecule has 6 heteroatoms. The zero-order valence-corrected chi connectivity index (χ0v) is 14.9. The first-order valence-corrected chi connectivity index (χ1v) is 8.61. The van der Waals surface area contributed by atoms with E-state index in [1.807, 2.05) is 30.0 Å². The second kappa shape index (κ2) is 7.66. The van der Waals surface area contributed by atoms with Gasteiger partial charge in [-0.15, -0.1) is 0 Å². The van der Waals surface area contributed by atoms with Gasteiger partial charge in [-0.2, -0.15) is 0 Å². The summed E-state index contributed by atoms with van der Waals surface area (Å²) in [5.74, 6) is 0.892. The number of phenols is 1. The molecule has 1 amide bonds. The number of nitrogens with zero attached hydrogens (tertiary/aromatic N) is 2. The number of carbonyl (C=O) groups is 1. The van der Waals surface area contributed by atoms with Crippen LogP contribution in [0.25, 0.3) is 0 Å². The summed E-state index contributed by atoms with van der Waals surface area (Å²) in [6, 6.07) is 12.5. The van der Waals surface area contributed by atoms with Gasteiger partial charge < -0.3 is 19.6 Å². The van der Waals surface area contributed by atoms with Crippen LogP contribution in [-0.2, 0) is 4.79 Å². The van der Waals surface area contributed by atoms with Crippen molar-refractivity contribution in [2.45, 2.75) is 6.92 Å². The molecule has 5 nitrogen and oxygen atoms in total. The van der Waals surface area contributed by atoms with Gasteiger partial charge >= 0.3 is 0 Å². The van der Waals surface area contributed by atoms with Crippen molar-refractivity contribution in [2.75, 3.05) is 37.7 Å². The molecule has 1 fully saturated rings. The Bertz CT molecular complexity index is 741. The number of aryl methyl sites for hydroxylation is 1. The lowest BCUT2D eigenvalue weighted by atomic mass is 10.2. The van der Waals surface area contributed by atoms with Crippen molar-refractivity contribution in [3.63, 3.8) is 0 Å². The quantitative estimate of drug-likeness (QED) is 0.910. The van der Waals surface area contributed by atoms with Gasteiger partial charge in [-0.1, -0.05) is 11.6 Å². The molecule has 132 valence electrons. The Hall–Kier alpha value is -2.40. The molecular weight excluding hydrogens is 340 g/mol. The van der Waals surface area contributed by atoms with Crippen molar-refractivity contribution in [1.29, 1.82) is 0 Å². The van der Waals surface area contributed by atoms with Crippen molar-refractivity contribution < 1.29 is 14.6 Å². The summed E-state index contributed by atoms with van der Waals surface area (Å²) in [7, 11) is 0. The van der Waals surface area contributed by atoms with Crippen molar-refractivity contribution in [2.24, 2.45) is 0 Å². The normalized spacial score (nSPS) is 14.5.